The molecule has 0 heterocycles. The summed E-state index contributed by atoms with van der Waals surface area (Å²) in [5.74, 6) is 0. The molecule has 2 heteroatoms. The standard InChI is InChI=1S/C24H52AsI/c1-5-9-13-17-21-25(26,22-18-14-10-6-2,23-19-15-11-7-3)24-20-16-12-8-4/h5-24H2,1-4H3. The van der Waals surface area contributed by atoms with Crippen LogP contribution in [0.1, 0.15) is 130 Å². The van der Waals surface area contributed by atoms with E-state index in [1.54, 1.807) is 20.8 Å². The molecule has 0 fully saturated rings. The zero-order chi connectivity index (χ0) is 19.6. The molecule has 160 valence electrons. The van der Waals surface area contributed by atoms with Gasteiger partial charge in [0, 0.05) is 0 Å². The summed E-state index contributed by atoms with van der Waals surface area (Å²) in [6, 6.07) is 0. The molecule has 0 aliphatic rings. The molecule has 0 aromatic carbocycles. The summed E-state index contributed by atoms with van der Waals surface area (Å²) in [4.78, 5) is 0. The molecule has 0 bridgehead atoms. The van der Waals surface area contributed by atoms with Crippen molar-refractivity contribution in [3.63, 3.8) is 0 Å². The predicted molar refractivity (Wildman–Crippen MR) is 136 cm³/mol. The second-order valence-electron chi connectivity index (χ2n) is 8.96. The van der Waals surface area contributed by atoms with Crippen molar-refractivity contribution in [3.8, 4) is 0 Å². The topological polar surface area (TPSA) is 0 Å². The maximum atomic E-state index is 3.19. The Bertz CT molecular complexity index is 243. The third-order valence-electron chi connectivity index (χ3n) is 6.28. The Balaban J connectivity index is 4.94. The van der Waals surface area contributed by atoms with Gasteiger partial charge in [-0.2, -0.15) is 0 Å². The van der Waals surface area contributed by atoms with Gasteiger partial charge in [-0.25, -0.2) is 0 Å². The van der Waals surface area contributed by atoms with E-state index in [9.17, 15) is 0 Å². The van der Waals surface area contributed by atoms with Crippen LogP contribution in [0, 0.1) is 0 Å². The van der Waals surface area contributed by atoms with Crippen molar-refractivity contribution in [1.82, 2.24) is 0 Å². The maximum absolute atomic E-state index is 3.19. The summed E-state index contributed by atoms with van der Waals surface area (Å²) in [6.45, 7) is 9.42. The van der Waals surface area contributed by atoms with Gasteiger partial charge < -0.3 is 0 Å². The van der Waals surface area contributed by atoms with E-state index in [1.165, 1.54) is 103 Å². The Kier molecular flexibility index (Phi) is 18.0. The predicted octanol–water partition coefficient (Wildman–Crippen LogP) is 10.6. The van der Waals surface area contributed by atoms with Crippen LogP contribution in [0.25, 0.3) is 0 Å². The van der Waals surface area contributed by atoms with Crippen LogP contribution < -0.4 is 0 Å². The van der Waals surface area contributed by atoms with Gasteiger partial charge in [0.25, 0.3) is 0 Å². The van der Waals surface area contributed by atoms with Crippen molar-refractivity contribution in [2.45, 2.75) is 151 Å². The second-order valence-corrected chi connectivity index (χ2v) is 34.5. The van der Waals surface area contributed by atoms with E-state index in [0.29, 0.717) is 0 Å². The molecule has 0 nitrogen and oxygen atoms in total. The fraction of sp³-hybridized carbons (Fsp3) is 1.00. The Labute approximate surface area is 179 Å². The molecule has 0 rings (SSSR count). The minimum absolute atomic E-state index is 1.38. The summed E-state index contributed by atoms with van der Waals surface area (Å²) in [6.07, 6.45) is 23.5. The summed E-state index contributed by atoms with van der Waals surface area (Å²) >= 11 is 3.19. The Morgan fingerprint density at radius 1 is 0.385 bits per heavy atom. The third kappa shape index (κ3) is 13.5. The zero-order valence-electron chi connectivity index (χ0n) is 19.0. The van der Waals surface area contributed by atoms with Crippen molar-refractivity contribution in [2.75, 3.05) is 0 Å². The Hall–Kier alpha value is 1.29. The van der Waals surface area contributed by atoms with Crippen molar-refractivity contribution < 1.29 is 0 Å². The van der Waals surface area contributed by atoms with Gasteiger partial charge in [-0.3, -0.25) is 0 Å². The second kappa shape index (κ2) is 17.2. The number of hydrogen-bond donors (Lipinski definition) is 0. The first-order valence-corrected chi connectivity index (χ1v) is 23.3. The van der Waals surface area contributed by atoms with Crippen molar-refractivity contribution in [1.29, 1.82) is 0 Å². The fourth-order valence-electron chi connectivity index (χ4n) is 4.41. The quantitative estimate of drug-likeness (QED) is 0.0816. The van der Waals surface area contributed by atoms with Gasteiger partial charge in [-0.15, -0.1) is 0 Å². The van der Waals surface area contributed by atoms with E-state index in [1.807, 2.05) is 0 Å². The molecule has 0 amide bonds. The number of hydrogen-bond acceptors (Lipinski definition) is 0. The molecule has 0 aromatic rings. The van der Waals surface area contributed by atoms with E-state index in [-0.39, 0.29) is 0 Å². The Morgan fingerprint density at radius 2 is 0.615 bits per heavy atom. The number of unbranched alkanes of at least 4 members (excludes halogenated alkanes) is 12. The molecule has 0 N–H and O–H groups in total. The molecule has 0 spiro atoms. The van der Waals surface area contributed by atoms with Gasteiger partial charge in [0.05, 0.1) is 0 Å². The SMILES string of the molecule is CCCCCC[As](I)(CCCCCC)(CCCCCC)CCCCCC. The van der Waals surface area contributed by atoms with Gasteiger partial charge in [0.15, 0.2) is 0 Å². The van der Waals surface area contributed by atoms with Gasteiger partial charge >= 0.3 is 180 Å². The first kappa shape index (κ1) is 27.3. The molecular weight excluding hydrogens is 490 g/mol. The molecule has 0 aromatic heterocycles. The first-order valence-electron chi connectivity index (χ1n) is 12.3. The molecule has 26 heavy (non-hydrogen) atoms. The van der Waals surface area contributed by atoms with Gasteiger partial charge in [-0.05, 0) is 0 Å². The molecule has 0 aliphatic carbocycles. The van der Waals surface area contributed by atoms with E-state index >= 15 is 0 Å². The van der Waals surface area contributed by atoms with Gasteiger partial charge in [0.1, 0.15) is 0 Å². The van der Waals surface area contributed by atoms with E-state index in [4.69, 9.17) is 0 Å². The van der Waals surface area contributed by atoms with Crippen LogP contribution in [0.5, 0.6) is 0 Å². The van der Waals surface area contributed by atoms with Crippen LogP contribution in [0.15, 0.2) is 0 Å². The summed E-state index contributed by atoms with van der Waals surface area (Å²) in [5.41, 5.74) is 0. The third-order valence-corrected chi connectivity index (χ3v) is 28.3. The normalized spacial score (nSPS) is 13.7. The average molecular weight is 543 g/mol. The molecule has 0 radical (unpaired) electrons. The minimum atomic E-state index is -2.16. The summed E-state index contributed by atoms with van der Waals surface area (Å²) < 4.78 is 0. The van der Waals surface area contributed by atoms with E-state index < -0.39 is 9.10 Å². The summed E-state index contributed by atoms with van der Waals surface area (Å²) in [5, 5.41) is 6.63. The average Bonchev–Trinajstić information content (AvgIpc) is 2.64. The summed E-state index contributed by atoms with van der Waals surface area (Å²) in [7, 11) is -2.16. The van der Waals surface area contributed by atoms with Crippen molar-refractivity contribution in [3.05, 3.63) is 0 Å². The number of rotatable bonds is 20. The van der Waals surface area contributed by atoms with Crippen LogP contribution in [0.2, 0.25) is 20.8 Å². The first-order chi connectivity index (χ1) is 12.5. The van der Waals surface area contributed by atoms with Crippen molar-refractivity contribution in [2.24, 2.45) is 0 Å². The van der Waals surface area contributed by atoms with Crippen molar-refractivity contribution >= 4 is 29.2 Å². The molecular formula is C24H52AsI. The van der Waals surface area contributed by atoms with Gasteiger partial charge in [-0.1, -0.05) is 0 Å². The van der Waals surface area contributed by atoms with Crippen LogP contribution in [0.4, 0.5) is 0 Å². The molecule has 0 atom stereocenters. The monoisotopic (exact) mass is 542 g/mol. The Morgan fingerprint density at radius 3 is 0.808 bits per heavy atom. The molecule has 0 saturated heterocycles. The van der Waals surface area contributed by atoms with Crippen LogP contribution in [-0.2, 0) is 0 Å². The van der Waals surface area contributed by atoms with E-state index in [2.05, 4.69) is 47.8 Å². The fourth-order valence-corrected chi connectivity index (χ4v) is 22.8. The zero-order valence-corrected chi connectivity index (χ0v) is 23.0. The van der Waals surface area contributed by atoms with Crippen LogP contribution >= 0.6 is 20.1 Å². The van der Waals surface area contributed by atoms with Gasteiger partial charge in [0.2, 0.25) is 0 Å². The van der Waals surface area contributed by atoms with Crippen LogP contribution in [0.3, 0.4) is 0 Å². The molecule has 0 saturated carbocycles. The van der Waals surface area contributed by atoms with E-state index in [0.717, 1.165) is 0 Å². The molecule has 0 unspecified atom stereocenters. The number of halogens is 1. The van der Waals surface area contributed by atoms with Crippen LogP contribution in [-0.4, -0.2) is 9.10 Å². The molecule has 0 aliphatic heterocycles.